The fourth-order valence-electron chi connectivity index (χ4n) is 1.31. The van der Waals surface area contributed by atoms with Crippen LogP contribution >= 0.6 is 0 Å². The Kier molecular flexibility index (Phi) is 2.79. The molecule has 0 saturated carbocycles. The maximum Gasteiger partial charge on any atom is 0.130 e. The van der Waals surface area contributed by atoms with E-state index in [4.69, 9.17) is 5.26 Å². The first-order valence-electron chi connectivity index (χ1n) is 4.83. The van der Waals surface area contributed by atoms with Crippen LogP contribution in [-0.2, 0) is 0 Å². The van der Waals surface area contributed by atoms with Gasteiger partial charge in [-0.25, -0.2) is 4.98 Å². The third kappa shape index (κ3) is 2.34. The standard InChI is InChI=1S/C12H10N4/c1-9-4-11(8-14-6-9)16-12-3-2-10(5-13)7-15-12/h2-4,6-8H,1H3,(H,15,16). The van der Waals surface area contributed by atoms with Gasteiger partial charge in [0.25, 0.3) is 0 Å². The summed E-state index contributed by atoms with van der Waals surface area (Å²) in [5.41, 5.74) is 2.52. The number of hydrogen-bond acceptors (Lipinski definition) is 4. The molecule has 0 aromatic carbocycles. The molecule has 0 amide bonds. The number of rotatable bonds is 2. The molecule has 0 unspecified atom stereocenters. The zero-order chi connectivity index (χ0) is 11.4. The number of nitriles is 1. The molecule has 0 bridgehead atoms. The summed E-state index contributed by atoms with van der Waals surface area (Å²) in [7, 11) is 0. The molecule has 0 aliphatic rings. The lowest BCUT2D eigenvalue weighted by Crippen LogP contribution is -1.94. The fourth-order valence-corrected chi connectivity index (χ4v) is 1.31. The Morgan fingerprint density at radius 2 is 2.12 bits per heavy atom. The summed E-state index contributed by atoms with van der Waals surface area (Å²) in [6.07, 6.45) is 5.05. The van der Waals surface area contributed by atoms with Gasteiger partial charge in [0.2, 0.25) is 0 Å². The zero-order valence-electron chi connectivity index (χ0n) is 8.81. The minimum Gasteiger partial charge on any atom is -0.339 e. The van der Waals surface area contributed by atoms with Crippen LogP contribution < -0.4 is 5.32 Å². The minimum absolute atomic E-state index is 0.549. The zero-order valence-corrected chi connectivity index (χ0v) is 8.81. The highest BCUT2D eigenvalue weighted by Gasteiger charge is 1.97. The second-order valence-electron chi connectivity index (χ2n) is 3.42. The second-order valence-corrected chi connectivity index (χ2v) is 3.42. The van der Waals surface area contributed by atoms with Crippen LogP contribution in [0.1, 0.15) is 11.1 Å². The molecule has 16 heavy (non-hydrogen) atoms. The second kappa shape index (κ2) is 4.41. The summed E-state index contributed by atoms with van der Waals surface area (Å²) in [4.78, 5) is 8.18. The van der Waals surface area contributed by atoms with Crippen LogP contribution in [0.15, 0.2) is 36.8 Å². The molecule has 4 heteroatoms. The molecule has 0 aliphatic heterocycles. The largest absolute Gasteiger partial charge is 0.339 e. The smallest absolute Gasteiger partial charge is 0.130 e. The molecular formula is C12H10N4. The quantitative estimate of drug-likeness (QED) is 0.826. The van der Waals surface area contributed by atoms with E-state index in [0.29, 0.717) is 11.4 Å². The topological polar surface area (TPSA) is 61.6 Å². The Labute approximate surface area is 93.6 Å². The number of nitrogens with zero attached hydrogens (tertiary/aromatic N) is 3. The van der Waals surface area contributed by atoms with Gasteiger partial charge in [0.05, 0.1) is 17.4 Å². The van der Waals surface area contributed by atoms with Gasteiger partial charge in [-0.3, -0.25) is 4.98 Å². The molecule has 0 saturated heterocycles. The molecule has 78 valence electrons. The van der Waals surface area contributed by atoms with Crippen molar-refractivity contribution in [3.05, 3.63) is 47.9 Å². The molecule has 2 aromatic heterocycles. The molecule has 0 atom stereocenters. The average molecular weight is 210 g/mol. The molecule has 4 nitrogen and oxygen atoms in total. The predicted molar refractivity (Wildman–Crippen MR) is 61.2 cm³/mol. The molecule has 0 fully saturated rings. The first-order chi connectivity index (χ1) is 7.78. The first-order valence-corrected chi connectivity index (χ1v) is 4.83. The van der Waals surface area contributed by atoms with E-state index in [1.807, 2.05) is 19.1 Å². The van der Waals surface area contributed by atoms with Crippen LogP contribution in [0.2, 0.25) is 0 Å². The number of anilines is 2. The first kappa shape index (κ1) is 10.1. The predicted octanol–water partition coefficient (Wildman–Crippen LogP) is 2.40. The van der Waals surface area contributed by atoms with Gasteiger partial charge in [-0.15, -0.1) is 0 Å². The van der Waals surface area contributed by atoms with Crippen molar-refractivity contribution in [2.24, 2.45) is 0 Å². The van der Waals surface area contributed by atoms with Crippen LogP contribution in [0.5, 0.6) is 0 Å². The molecule has 0 radical (unpaired) electrons. The highest BCUT2D eigenvalue weighted by atomic mass is 15.0. The van der Waals surface area contributed by atoms with Gasteiger partial charge in [0.15, 0.2) is 0 Å². The van der Waals surface area contributed by atoms with E-state index < -0.39 is 0 Å². The van der Waals surface area contributed by atoms with Gasteiger partial charge in [-0.1, -0.05) is 0 Å². The summed E-state index contributed by atoms with van der Waals surface area (Å²) in [6.45, 7) is 1.98. The lowest BCUT2D eigenvalue weighted by molar-refractivity contribution is 1.24. The number of aryl methyl sites for hydroxylation is 1. The lowest BCUT2D eigenvalue weighted by Gasteiger charge is -2.05. The van der Waals surface area contributed by atoms with Gasteiger partial charge < -0.3 is 5.32 Å². The molecular weight excluding hydrogens is 200 g/mol. The van der Waals surface area contributed by atoms with Crippen LogP contribution in [0, 0.1) is 18.3 Å². The SMILES string of the molecule is Cc1cncc(Nc2ccc(C#N)cn2)c1. The van der Waals surface area contributed by atoms with E-state index in [1.54, 1.807) is 24.5 Å². The maximum atomic E-state index is 8.63. The summed E-state index contributed by atoms with van der Waals surface area (Å²) >= 11 is 0. The lowest BCUT2D eigenvalue weighted by atomic mass is 10.3. The Morgan fingerprint density at radius 1 is 1.25 bits per heavy atom. The van der Waals surface area contributed by atoms with Crippen molar-refractivity contribution in [2.75, 3.05) is 5.32 Å². The van der Waals surface area contributed by atoms with Crippen LogP contribution in [0.3, 0.4) is 0 Å². The molecule has 0 spiro atoms. The van der Waals surface area contributed by atoms with Gasteiger partial charge in [0, 0.05) is 12.4 Å². The summed E-state index contributed by atoms with van der Waals surface area (Å²) in [5, 5.41) is 11.7. The molecule has 2 rings (SSSR count). The van der Waals surface area contributed by atoms with Gasteiger partial charge >= 0.3 is 0 Å². The number of nitrogens with one attached hydrogen (secondary N) is 1. The van der Waals surface area contributed by atoms with E-state index >= 15 is 0 Å². The molecule has 0 aliphatic carbocycles. The highest BCUT2D eigenvalue weighted by molar-refractivity contribution is 5.55. The van der Waals surface area contributed by atoms with Crippen molar-refractivity contribution < 1.29 is 0 Å². The normalized spacial score (nSPS) is 9.50. The van der Waals surface area contributed by atoms with Gasteiger partial charge in [0.1, 0.15) is 11.9 Å². The summed E-state index contributed by atoms with van der Waals surface area (Å²) in [5.74, 6) is 0.700. The van der Waals surface area contributed by atoms with Crippen molar-refractivity contribution >= 4 is 11.5 Å². The van der Waals surface area contributed by atoms with Gasteiger partial charge in [-0.2, -0.15) is 5.26 Å². The number of aromatic nitrogens is 2. The third-order valence-corrected chi connectivity index (χ3v) is 2.04. The Balaban J connectivity index is 2.18. The van der Waals surface area contributed by atoms with Crippen molar-refractivity contribution in [3.8, 4) is 6.07 Å². The van der Waals surface area contributed by atoms with Gasteiger partial charge in [-0.05, 0) is 30.7 Å². The molecule has 2 heterocycles. The van der Waals surface area contributed by atoms with E-state index in [1.165, 1.54) is 6.20 Å². The van der Waals surface area contributed by atoms with Crippen molar-refractivity contribution in [3.63, 3.8) is 0 Å². The fraction of sp³-hybridized carbons (Fsp3) is 0.0833. The monoisotopic (exact) mass is 210 g/mol. The molecule has 2 aromatic rings. The van der Waals surface area contributed by atoms with E-state index in [9.17, 15) is 0 Å². The van der Waals surface area contributed by atoms with Crippen LogP contribution in [0.25, 0.3) is 0 Å². The maximum absolute atomic E-state index is 8.63. The minimum atomic E-state index is 0.549. The number of pyridine rings is 2. The summed E-state index contributed by atoms with van der Waals surface area (Å²) < 4.78 is 0. The van der Waals surface area contributed by atoms with E-state index in [0.717, 1.165) is 11.3 Å². The Hall–Kier alpha value is -2.41. The van der Waals surface area contributed by atoms with E-state index in [-0.39, 0.29) is 0 Å². The number of hydrogen-bond donors (Lipinski definition) is 1. The highest BCUT2D eigenvalue weighted by Crippen LogP contribution is 2.14. The third-order valence-electron chi connectivity index (χ3n) is 2.04. The van der Waals surface area contributed by atoms with Crippen LogP contribution in [0.4, 0.5) is 11.5 Å². The Bertz CT molecular complexity index is 525. The van der Waals surface area contributed by atoms with Crippen molar-refractivity contribution in [1.82, 2.24) is 9.97 Å². The van der Waals surface area contributed by atoms with Crippen molar-refractivity contribution in [1.29, 1.82) is 5.26 Å². The van der Waals surface area contributed by atoms with Crippen molar-refractivity contribution in [2.45, 2.75) is 6.92 Å². The van der Waals surface area contributed by atoms with Crippen LogP contribution in [-0.4, -0.2) is 9.97 Å². The summed E-state index contributed by atoms with van der Waals surface area (Å²) in [6, 6.07) is 7.49. The van der Waals surface area contributed by atoms with E-state index in [2.05, 4.69) is 15.3 Å². The average Bonchev–Trinajstić information content (AvgIpc) is 2.30. The Morgan fingerprint density at radius 3 is 2.75 bits per heavy atom. The molecule has 1 N–H and O–H groups in total.